The molecule has 0 aliphatic carbocycles. The van der Waals surface area contributed by atoms with Crippen molar-refractivity contribution in [3.8, 4) is 33.3 Å². The fraction of sp³-hybridized carbons (Fsp3) is 0.412. The Bertz CT molecular complexity index is 1750. The minimum absolute atomic E-state index is 0.128. The van der Waals surface area contributed by atoms with Crippen LogP contribution < -0.4 is 10.3 Å². The second kappa shape index (κ2) is 13.2. The second-order valence-corrected chi connectivity index (χ2v) is 12.8. The van der Waals surface area contributed by atoms with Crippen LogP contribution in [0.25, 0.3) is 27.5 Å². The van der Waals surface area contributed by atoms with Gasteiger partial charge in [-0.1, -0.05) is 33.8 Å². The summed E-state index contributed by atoms with van der Waals surface area (Å²) >= 11 is 1.20. The Morgan fingerprint density at radius 2 is 1.96 bits per heavy atom. The van der Waals surface area contributed by atoms with Crippen molar-refractivity contribution >= 4 is 17.2 Å². The number of hydrogen-bond acceptors (Lipinski definition) is 6. The van der Waals surface area contributed by atoms with Gasteiger partial charge in [0.05, 0.1) is 29.6 Å². The maximum Gasteiger partial charge on any atom is 0.433 e. The summed E-state index contributed by atoms with van der Waals surface area (Å²) in [5, 5.41) is 2.05. The number of rotatable bonds is 8. The maximum atomic E-state index is 14.6. The van der Waals surface area contributed by atoms with Gasteiger partial charge in [0.2, 0.25) is 0 Å². The Balaban J connectivity index is 1.74. The van der Waals surface area contributed by atoms with Gasteiger partial charge in [-0.05, 0) is 67.3 Å². The lowest BCUT2D eigenvalue weighted by atomic mass is 9.96. The summed E-state index contributed by atoms with van der Waals surface area (Å²) < 4.78 is 46.5. The number of thiazole rings is 1. The number of piperidine rings is 1. The highest BCUT2D eigenvalue weighted by Gasteiger charge is 2.32. The molecule has 1 aliphatic heterocycles. The predicted molar refractivity (Wildman–Crippen MR) is 170 cm³/mol. The van der Waals surface area contributed by atoms with Crippen molar-refractivity contribution in [2.24, 2.45) is 11.8 Å². The van der Waals surface area contributed by atoms with Crippen molar-refractivity contribution in [3.05, 3.63) is 80.8 Å². The fourth-order valence-electron chi connectivity index (χ4n) is 5.80. The number of likely N-dealkylation sites (tertiary alicyclic amines) is 1. The molecule has 11 heteroatoms. The van der Waals surface area contributed by atoms with Gasteiger partial charge in [0, 0.05) is 42.0 Å². The molecule has 3 aromatic heterocycles. The molecule has 5 rings (SSSR count). The smallest absolute Gasteiger partial charge is 0.433 e. The minimum atomic E-state index is -4.55. The molecule has 1 aromatic carbocycles. The SMILES string of the molecule is CCc1ccc(OC)cc1-n1c(CC(C)C)c(C(=O)N2CCC[C@H](C)C2)cc(-c2nc(-c3ccc(C(F)(F)F)nc3)cs2)c1=O. The monoisotopic (exact) mass is 638 g/mol. The molecule has 0 saturated carbocycles. The Morgan fingerprint density at radius 3 is 2.58 bits per heavy atom. The normalized spacial score (nSPS) is 15.5. The van der Waals surface area contributed by atoms with E-state index in [0.29, 0.717) is 70.8 Å². The lowest BCUT2D eigenvalue weighted by molar-refractivity contribution is -0.141. The van der Waals surface area contributed by atoms with E-state index < -0.39 is 11.9 Å². The van der Waals surface area contributed by atoms with Gasteiger partial charge in [0.1, 0.15) is 16.5 Å². The summed E-state index contributed by atoms with van der Waals surface area (Å²) in [6, 6.07) is 9.50. The Kier molecular flexibility index (Phi) is 9.48. The molecule has 0 N–H and O–H groups in total. The molecule has 1 amide bonds. The third-order valence-electron chi connectivity index (χ3n) is 8.08. The zero-order chi connectivity index (χ0) is 32.5. The van der Waals surface area contributed by atoms with Crippen molar-refractivity contribution in [3.63, 3.8) is 0 Å². The molecule has 1 atom stereocenters. The van der Waals surface area contributed by atoms with E-state index >= 15 is 0 Å². The van der Waals surface area contributed by atoms with Crippen LogP contribution in [0.15, 0.2) is 52.8 Å². The molecule has 1 saturated heterocycles. The number of alkyl halides is 3. The topological polar surface area (TPSA) is 77.3 Å². The summed E-state index contributed by atoms with van der Waals surface area (Å²) in [5.74, 6) is 0.962. The van der Waals surface area contributed by atoms with E-state index in [9.17, 15) is 22.8 Å². The van der Waals surface area contributed by atoms with Gasteiger partial charge in [-0.25, -0.2) is 4.98 Å². The van der Waals surface area contributed by atoms with Crippen molar-refractivity contribution in [2.75, 3.05) is 20.2 Å². The van der Waals surface area contributed by atoms with Crippen LogP contribution in [0.2, 0.25) is 0 Å². The number of benzene rings is 1. The lowest BCUT2D eigenvalue weighted by Crippen LogP contribution is -2.40. The van der Waals surface area contributed by atoms with E-state index in [4.69, 9.17) is 4.74 Å². The van der Waals surface area contributed by atoms with E-state index in [1.165, 1.54) is 17.4 Å². The molecule has 7 nitrogen and oxygen atoms in total. The van der Waals surface area contributed by atoms with E-state index in [2.05, 4.69) is 30.7 Å². The van der Waals surface area contributed by atoms with Crippen LogP contribution in [-0.2, 0) is 19.0 Å². The van der Waals surface area contributed by atoms with Crippen LogP contribution in [0.5, 0.6) is 5.75 Å². The maximum absolute atomic E-state index is 14.6. The molecular weight excluding hydrogens is 601 g/mol. The first-order chi connectivity index (χ1) is 21.4. The van der Waals surface area contributed by atoms with E-state index in [0.717, 1.165) is 30.7 Å². The van der Waals surface area contributed by atoms with Crippen LogP contribution in [0.4, 0.5) is 13.2 Å². The predicted octanol–water partition coefficient (Wildman–Crippen LogP) is 7.68. The first-order valence-electron chi connectivity index (χ1n) is 15.2. The molecule has 0 radical (unpaired) electrons. The number of carbonyl (C=O) groups is 1. The first kappa shape index (κ1) is 32.4. The summed E-state index contributed by atoms with van der Waals surface area (Å²) in [6.07, 6.45) is -0.334. The molecular formula is C34H37F3N4O3S. The number of aryl methyl sites for hydroxylation is 1. The number of methoxy groups -OCH3 is 1. The van der Waals surface area contributed by atoms with Gasteiger partial charge in [-0.15, -0.1) is 11.3 Å². The van der Waals surface area contributed by atoms with Gasteiger partial charge in [0.25, 0.3) is 11.5 Å². The van der Waals surface area contributed by atoms with Crippen molar-refractivity contribution < 1.29 is 22.7 Å². The largest absolute Gasteiger partial charge is 0.497 e. The van der Waals surface area contributed by atoms with Crippen molar-refractivity contribution in [2.45, 2.75) is 59.6 Å². The Morgan fingerprint density at radius 1 is 1.18 bits per heavy atom. The average Bonchev–Trinajstić information content (AvgIpc) is 3.50. The molecule has 238 valence electrons. The van der Waals surface area contributed by atoms with Gasteiger partial charge in [-0.3, -0.25) is 19.1 Å². The highest BCUT2D eigenvalue weighted by molar-refractivity contribution is 7.13. The number of nitrogens with zero attached hydrogens (tertiary/aromatic N) is 4. The zero-order valence-electron chi connectivity index (χ0n) is 26.1. The van der Waals surface area contributed by atoms with Gasteiger partial charge in [-0.2, -0.15) is 13.2 Å². The van der Waals surface area contributed by atoms with Crippen molar-refractivity contribution in [1.82, 2.24) is 19.4 Å². The molecule has 0 bridgehead atoms. The second-order valence-electron chi connectivity index (χ2n) is 12.0. The molecule has 0 spiro atoms. The number of pyridine rings is 2. The molecule has 0 unspecified atom stereocenters. The summed E-state index contributed by atoms with van der Waals surface area (Å²) in [5.41, 5.74) is 2.35. The third-order valence-corrected chi connectivity index (χ3v) is 8.95. The summed E-state index contributed by atoms with van der Waals surface area (Å²) in [7, 11) is 1.57. The fourth-order valence-corrected chi connectivity index (χ4v) is 6.64. The molecule has 1 aliphatic rings. The van der Waals surface area contributed by atoms with Crippen LogP contribution in [0, 0.1) is 11.8 Å². The number of halogens is 3. The molecule has 45 heavy (non-hydrogen) atoms. The number of hydrogen-bond donors (Lipinski definition) is 0. The number of ether oxygens (including phenoxy) is 1. The first-order valence-corrected chi connectivity index (χ1v) is 16.0. The zero-order valence-corrected chi connectivity index (χ0v) is 26.9. The summed E-state index contributed by atoms with van der Waals surface area (Å²) in [6.45, 7) is 9.53. The van der Waals surface area contributed by atoms with Crippen LogP contribution >= 0.6 is 11.3 Å². The molecule has 4 aromatic rings. The van der Waals surface area contributed by atoms with E-state index in [-0.39, 0.29) is 22.9 Å². The van der Waals surface area contributed by atoms with Crippen LogP contribution in [0.3, 0.4) is 0 Å². The van der Waals surface area contributed by atoms with Crippen LogP contribution in [0.1, 0.15) is 67.8 Å². The summed E-state index contributed by atoms with van der Waals surface area (Å²) in [4.78, 5) is 39.0. The standard InChI is InChI=1S/C34H37F3N4O3S/c1-6-22-9-11-24(44-5)15-28(22)41-29(14-20(2)3)25(32(42)40-13-7-8-21(4)18-40)16-26(33(41)43)31-39-27(19-45-31)23-10-12-30(38-17-23)34(35,36)37/h9-12,15-17,19-21H,6-8,13-14,18H2,1-5H3/t21-/m0/s1. The highest BCUT2D eigenvalue weighted by atomic mass is 32.1. The van der Waals surface area contributed by atoms with Gasteiger partial charge in [0.15, 0.2) is 0 Å². The Hall–Kier alpha value is -3.99. The van der Waals surface area contributed by atoms with Crippen molar-refractivity contribution in [1.29, 1.82) is 0 Å². The third kappa shape index (κ3) is 6.83. The number of carbonyl (C=O) groups excluding carboxylic acids is 1. The van der Waals surface area contributed by atoms with Gasteiger partial charge >= 0.3 is 6.18 Å². The quantitative estimate of drug-likeness (QED) is 0.198. The average molecular weight is 639 g/mol. The molecule has 4 heterocycles. The van der Waals surface area contributed by atoms with E-state index in [1.807, 2.05) is 30.0 Å². The van der Waals surface area contributed by atoms with Gasteiger partial charge < -0.3 is 9.64 Å². The Labute approximate surface area is 264 Å². The molecule has 1 fully saturated rings. The lowest BCUT2D eigenvalue weighted by Gasteiger charge is -2.32. The number of amides is 1. The minimum Gasteiger partial charge on any atom is -0.497 e. The van der Waals surface area contributed by atoms with E-state index in [1.54, 1.807) is 23.1 Å². The highest BCUT2D eigenvalue weighted by Crippen LogP contribution is 2.33. The number of aromatic nitrogens is 3. The van der Waals surface area contributed by atoms with Crippen LogP contribution in [-0.4, -0.2) is 45.5 Å².